The largest absolute Gasteiger partial charge is 0.306 e. The number of carbonyl (C=O) groups excluding carboxylic acids is 2. The zero-order chi connectivity index (χ0) is 21.9. The summed E-state index contributed by atoms with van der Waals surface area (Å²) in [4.78, 5) is 46.4. The minimum Gasteiger partial charge on any atom is -0.306 e. The van der Waals surface area contributed by atoms with Gasteiger partial charge in [-0.1, -0.05) is 6.07 Å². The van der Waals surface area contributed by atoms with Gasteiger partial charge in [0.05, 0.1) is 22.1 Å². The fraction of sp³-hybridized carbons (Fsp3) is 0. The molecule has 3 aromatic heterocycles. The van der Waals surface area contributed by atoms with Crippen LogP contribution in [0.2, 0.25) is 0 Å². The third-order valence-corrected chi connectivity index (χ3v) is 4.70. The van der Waals surface area contributed by atoms with Crippen molar-refractivity contribution < 1.29 is 9.59 Å². The van der Waals surface area contributed by atoms with Gasteiger partial charge in [-0.15, -0.1) is 0 Å². The molecule has 0 radical (unpaired) electrons. The highest BCUT2D eigenvalue weighted by molar-refractivity contribution is 6.07. The van der Waals surface area contributed by atoms with E-state index in [2.05, 4.69) is 35.6 Å². The van der Waals surface area contributed by atoms with Crippen LogP contribution in [0.15, 0.2) is 79.4 Å². The van der Waals surface area contributed by atoms with Gasteiger partial charge in [0, 0.05) is 35.9 Å². The van der Waals surface area contributed by atoms with Crippen molar-refractivity contribution in [2.45, 2.75) is 0 Å². The molecule has 9 heteroatoms. The summed E-state index contributed by atoms with van der Waals surface area (Å²) in [6.45, 7) is 0. The molecule has 0 aliphatic carbocycles. The highest BCUT2D eigenvalue weighted by atomic mass is 16.2. The summed E-state index contributed by atoms with van der Waals surface area (Å²) in [5.74, 6) is -0.0869. The van der Waals surface area contributed by atoms with Crippen LogP contribution in [0, 0.1) is 0 Å². The molecule has 3 heterocycles. The van der Waals surface area contributed by atoms with Gasteiger partial charge in [-0.2, -0.15) is 0 Å². The number of hydrogen-bond acceptors (Lipinski definition) is 7. The number of hydrogen-bond donors (Lipinski definition) is 2. The average Bonchev–Trinajstić information content (AvgIpc) is 2.83. The second kappa shape index (κ2) is 8.15. The molecule has 0 fully saturated rings. The van der Waals surface area contributed by atoms with Crippen LogP contribution in [0.3, 0.4) is 0 Å². The Kier molecular flexibility index (Phi) is 4.89. The Morgan fingerprint density at radius 1 is 0.562 bits per heavy atom. The smallest absolute Gasteiger partial charge is 0.256 e. The summed E-state index contributed by atoms with van der Waals surface area (Å²) in [6, 6.07) is 15.1. The lowest BCUT2D eigenvalue weighted by Crippen LogP contribution is -2.16. The summed E-state index contributed by atoms with van der Waals surface area (Å²) in [6.07, 6.45) is 6.33. The molecule has 0 atom stereocenters. The van der Waals surface area contributed by atoms with Gasteiger partial charge in [-0.25, -0.2) is 4.98 Å². The van der Waals surface area contributed by atoms with Gasteiger partial charge in [0.2, 0.25) is 0 Å². The Balaban J connectivity index is 1.32. The second-order valence-corrected chi connectivity index (χ2v) is 6.84. The molecular weight excluding hydrogens is 406 g/mol. The van der Waals surface area contributed by atoms with E-state index in [1.165, 1.54) is 0 Å². The number of rotatable bonds is 4. The monoisotopic (exact) mass is 421 g/mol. The van der Waals surface area contributed by atoms with Gasteiger partial charge in [0.1, 0.15) is 11.6 Å². The standard InChI is InChI=1S/C23H15N7O2/c31-22(14-4-6-16-18(12-14)26-10-8-24-16)29-20-2-1-3-21(28-20)30-23(32)15-5-7-17-19(13-15)27-11-9-25-17/h1-13H,(H2,28,29,30,31,32). The molecule has 0 saturated carbocycles. The minimum absolute atomic E-state index is 0.302. The molecular formula is C23H15N7O2. The molecule has 2 aromatic carbocycles. The quantitative estimate of drug-likeness (QED) is 0.455. The topological polar surface area (TPSA) is 123 Å². The van der Waals surface area contributed by atoms with Gasteiger partial charge in [-0.05, 0) is 48.5 Å². The third-order valence-electron chi connectivity index (χ3n) is 4.70. The molecule has 0 unspecified atom stereocenters. The first-order chi connectivity index (χ1) is 15.7. The van der Waals surface area contributed by atoms with Crippen LogP contribution in [-0.4, -0.2) is 36.7 Å². The van der Waals surface area contributed by atoms with Crippen molar-refractivity contribution in [2.75, 3.05) is 10.6 Å². The van der Waals surface area contributed by atoms with E-state index < -0.39 is 0 Å². The van der Waals surface area contributed by atoms with E-state index in [0.717, 1.165) is 0 Å². The summed E-state index contributed by atoms with van der Waals surface area (Å²) < 4.78 is 0. The van der Waals surface area contributed by atoms with E-state index in [4.69, 9.17) is 0 Å². The Hall–Kier alpha value is -4.79. The number of aromatic nitrogens is 5. The molecule has 154 valence electrons. The van der Waals surface area contributed by atoms with Gasteiger partial charge >= 0.3 is 0 Å². The third kappa shape index (κ3) is 3.94. The number of nitrogens with one attached hydrogen (secondary N) is 2. The molecule has 2 amide bonds. The van der Waals surface area contributed by atoms with E-state index in [1.54, 1.807) is 79.4 Å². The van der Waals surface area contributed by atoms with Crippen molar-refractivity contribution in [1.29, 1.82) is 0 Å². The number of anilines is 2. The van der Waals surface area contributed by atoms with Gasteiger partial charge in [-0.3, -0.25) is 29.5 Å². The molecule has 0 spiro atoms. The first-order valence-corrected chi connectivity index (χ1v) is 9.67. The number of pyridine rings is 1. The Bertz CT molecular complexity index is 1380. The van der Waals surface area contributed by atoms with Crippen LogP contribution < -0.4 is 10.6 Å². The van der Waals surface area contributed by atoms with Crippen LogP contribution in [0.4, 0.5) is 11.6 Å². The molecule has 5 aromatic rings. The Morgan fingerprint density at radius 2 is 1.00 bits per heavy atom. The normalized spacial score (nSPS) is 10.8. The van der Waals surface area contributed by atoms with Crippen molar-refractivity contribution in [3.63, 3.8) is 0 Å². The number of nitrogens with zero attached hydrogens (tertiary/aromatic N) is 5. The van der Waals surface area contributed by atoms with Crippen LogP contribution in [0.5, 0.6) is 0 Å². The fourth-order valence-corrected chi connectivity index (χ4v) is 3.16. The van der Waals surface area contributed by atoms with Crippen molar-refractivity contribution in [3.8, 4) is 0 Å². The highest BCUT2D eigenvalue weighted by Crippen LogP contribution is 2.16. The number of fused-ring (bicyclic) bond motifs is 2. The van der Waals surface area contributed by atoms with E-state index in [1.807, 2.05) is 0 Å². The van der Waals surface area contributed by atoms with E-state index in [9.17, 15) is 9.59 Å². The average molecular weight is 421 g/mol. The lowest BCUT2D eigenvalue weighted by Gasteiger charge is -2.09. The summed E-state index contributed by atoms with van der Waals surface area (Å²) in [5.41, 5.74) is 3.49. The SMILES string of the molecule is O=C(Nc1cccc(NC(=O)c2ccc3nccnc3c2)n1)c1ccc2nccnc2c1. The first-order valence-electron chi connectivity index (χ1n) is 9.67. The maximum absolute atomic E-state index is 12.6. The van der Waals surface area contributed by atoms with Crippen molar-refractivity contribution in [1.82, 2.24) is 24.9 Å². The Labute approximate surface area is 181 Å². The number of carbonyl (C=O) groups is 2. The van der Waals surface area contributed by atoms with E-state index >= 15 is 0 Å². The molecule has 32 heavy (non-hydrogen) atoms. The predicted molar refractivity (Wildman–Crippen MR) is 119 cm³/mol. The predicted octanol–water partition coefficient (Wildman–Crippen LogP) is 3.47. The van der Waals surface area contributed by atoms with E-state index in [0.29, 0.717) is 44.8 Å². The molecule has 2 N–H and O–H groups in total. The van der Waals surface area contributed by atoms with Crippen LogP contribution in [0.25, 0.3) is 22.1 Å². The zero-order valence-corrected chi connectivity index (χ0v) is 16.6. The zero-order valence-electron chi connectivity index (χ0n) is 16.6. The summed E-state index contributed by atoms with van der Waals surface area (Å²) in [5, 5.41) is 5.47. The van der Waals surface area contributed by atoms with Gasteiger partial charge in [0.25, 0.3) is 11.8 Å². The van der Waals surface area contributed by atoms with Crippen LogP contribution >= 0.6 is 0 Å². The van der Waals surface area contributed by atoms with Crippen molar-refractivity contribution >= 4 is 45.5 Å². The van der Waals surface area contributed by atoms with Gasteiger partial charge in [0.15, 0.2) is 0 Å². The lowest BCUT2D eigenvalue weighted by molar-refractivity contribution is 0.101. The van der Waals surface area contributed by atoms with Crippen molar-refractivity contribution in [2.24, 2.45) is 0 Å². The van der Waals surface area contributed by atoms with Crippen LogP contribution in [0.1, 0.15) is 20.7 Å². The molecule has 9 nitrogen and oxygen atoms in total. The fourth-order valence-electron chi connectivity index (χ4n) is 3.16. The number of amides is 2. The Morgan fingerprint density at radius 3 is 1.47 bits per heavy atom. The maximum Gasteiger partial charge on any atom is 0.256 e. The lowest BCUT2D eigenvalue weighted by atomic mass is 10.2. The highest BCUT2D eigenvalue weighted by Gasteiger charge is 2.11. The molecule has 0 aliphatic heterocycles. The van der Waals surface area contributed by atoms with Crippen LogP contribution in [-0.2, 0) is 0 Å². The van der Waals surface area contributed by atoms with Gasteiger partial charge < -0.3 is 10.6 Å². The second-order valence-electron chi connectivity index (χ2n) is 6.84. The maximum atomic E-state index is 12.6. The van der Waals surface area contributed by atoms with Crippen molar-refractivity contribution in [3.05, 3.63) is 90.5 Å². The molecule has 0 bridgehead atoms. The first kappa shape index (κ1) is 19.2. The molecule has 0 saturated heterocycles. The van der Waals surface area contributed by atoms with E-state index in [-0.39, 0.29) is 11.8 Å². The number of benzene rings is 2. The summed E-state index contributed by atoms with van der Waals surface area (Å²) >= 11 is 0. The summed E-state index contributed by atoms with van der Waals surface area (Å²) in [7, 11) is 0. The molecule has 5 rings (SSSR count). The molecule has 0 aliphatic rings. The minimum atomic E-state index is -0.346.